The summed E-state index contributed by atoms with van der Waals surface area (Å²) in [7, 11) is 0. The number of carbonyl (C=O) groups excluding carboxylic acids is 2. The van der Waals surface area contributed by atoms with E-state index in [1.807, 2.05) is 29.2 Å². The van der Waals surface area contributed by atoms with Crippen LogP contribution in [0.4, 0.5) is 10.5 Å². The molecule has 0 bridgehead atoms. The molecule has 2 heterocycles. The number of hydrogen-bond acceptors (Lipinski definition) is 3. The Labute approximate surface area is 134 Å². The van der Waals surface area contributed by atoms with Crippen LogP contribution in [0.3, 0.4) is 0 Å². The minimum absolute atomic E-state index is 0.0254. The molecule has 0 aliphatic carbocycles. The van der Waals surface area contributed by atoms with Gasteiger partial charge >= 0.3 is 6.03 Å². The molecule has 1 aromatic carbocycles. The predicted octanol–water partition coefficient (Wildman–Crippen LogP) is 2.37. The molecule has 1 fully saturated rings. The molecule has 1 aliphatic heterocycles. The number of benzene rings is 1. The van der Waals surface area contributed by atoms with Crippen LogP contribution >= 0.6 is 0 Å². The van der Waals surface area contributed by atoms with Gasteiger partial charge in [-0.05, 0) is 42.8 Å². The van der Waals surface area contributed by atoms with Crippen LogP contribution in [0.15, 0.2) is 36.7 Å². The van der Waals surface area contributed by atoms with Crippen LogP contribution in [0.2, 0.25) is 0 Å². The highest BCUT2D eigenvalue weighted by molar-refractivity contribution is 5.94. The molecule has 3 amide bonds. The first-order valence-corrected chi connectivity index (χ1v) is 7.89. The first kappa shape index (κ1) is 15.3. The van der Waals surface area contributed by atoms with E-state index in [0.717, 1.165) is 36.7 Å². The third-order valence-corrected chi connectivity index (χ3v) is 4.01. The number of likely N-dealkylation sites (tertiary alicyclic amines) is 1. The molecule has 1 saturated heterocycles. The van der Waals surface area contributed by atoms with Crippen molar-refractivity contribution in [2.45, 2.75) is 19.3 Å². The van der Waals surface area contributed by atoms with E-state index in [4.69, 9.17) is 0 Å². The van der Waals surface area contributed by atoms with Crippen molar-refractivity contribution in [1.29, 1.82) is 0 Å². The summed E-state index contributed by atoms with van der Waals surface area (Å²) in [5.41, 5.74) is 0.674. The van der Waals surface area contributed by atoms with E-state index < -0.39 is 0 Å². The van der Waals surface area contributed by atoms with Crippen molar-refractivity contribution in [2.24, 2.45) is 0 Å². The predicted molar refractivity (Wildman–Crippen MR) is 89.2 cm³/mol. The molecule has 0 unspecified atom stereocenters. The van der Waals surface area contributed by atoms with Crippen LogP contribution in [0.25, 0.3) is 10.8 Å². The molecule has 6 nitrogen and oxygen atoms in total. The van der Waals surface area contributed by atoms with Gasteiger partial charge in [-0.3, -0.25) is 9.78 Å². The van der Waals surface area contributed by atoms with E-state index in [1.54, 1.807) is 12.4 Å². The SMILES string of the molecule is O=C(NCC(=O)N1CCCCC1)Nc1ccc2ccncc2c1. The van der Waals surface area contributed by atoms with Gasteiger partial charge in [0.15, 0.2) is 0 Å². The number of hydrogen-bond donors (Lipinski definition) is 2. The van der Waals surface area contributed by atoms with E-state index >= 15 is 0 Å². The summed E-state index contributed by atoms with van der Waals surface area (Å²) in [6.45, 7) is 1.61. The fraction of sp³-hybridized carbons (Fsp3) is 0.353. The summed E-state index contributed by atoms with van der Waals surface area (Å²) >= 11 is 0. The Hall–Kier alpha value is -2.63. The molecule has 3 rings (SSSR count). The maximum atomic E-state index is 12.0. The maximum Gasteiger partial charge on any atom is 0.319 e. The van der Waals surface area contributed by atoms with Crippen LogP contribution < -0.4 is 10.6 Å². The van der Waals surface area contributed by atoms with Crippen molar-refractivity contribution in [2.75, 3.05) is 25.0 Å². The number of carbonyl (C=O) groups is 2. The molecule has 0 saturated carbocycles. The van der Waals surface area contributed by atoms with Crippen molar-refractivity contribution in [3.63, 3.8) is 0 Å². The Morgan fingerprint density at radius 2 is 1.91 bits per heavy atom. The molecule has 2 aromatic rings. The molecular weight excluding hydrogens is 292 g/mol. The highest BCUT2D eigenvalue weighted by atomic mass is 16.2. The van der Waals surface area contributed by atoms with Crippen LogP contribution in [-0.4, -0.2) is 41.5 Å². The maximum absolute atomic E-state index is 12.0. The molecule has 0 spiro atoms. The van der Waals surface area contributed by atoms with Crippen molar-refractivity contribution in [3.8, 4) is 0 Å². The van der Waals surface area contributed by atoms with Crippen LogP contribution in [0.1, 0.15) is 19.3 Å². The normalized spacial score (nSPS) is 14.5. The highest BCUT2D eigenvalue weighted by Gasteiger charge is 2.16. The van der Waals surface area contributed by atoms with Gasteiger partial charge in [0.1, 0.15) is 0 Å². The lowest BCUT2D eigenvalue weighted by atomic mass is 10.1. The lowest BCUT2D eigenvalue weighted by Crippen LogP contribution is -2.43. The standard InChI is InChI=1S/C17H20N4O2/c22-16(21-8-2-1-3-9-21)12-19-17(23)20-15-5-4-13-6-7-18-11-14(13)10-15/h4-7,10-11H,1-3,8-9,12H2,(H2,19,20,23). The lowest BCUT2D eigenvalue weighted by molar-refractivity contribution is -0.130. The van der Waals surface area contributed by atoms with Gasteiger partial charge in [0, 0.05) is 36.6 Å². The summed E-state index contributed by atoms with van der Waals surface area (Å²) in [5.74, 6) is -0.0254. The van der Waals surface area contributed by atoms with Gasteiger partial charge in [0.2, 0.25) is 5.91 Å². The summed E-state index contributed by atoms with van der Waals surface area (Å²) in [6, 6.07) is 7.14. The molecule has 120 valence electrons. The third-order valence-electron chi connectivity index (χ3n) is 4.01. The molecular formula is C17H20N4O2. The second-order valence-corrected chi connectivity index (χ2v) is 5.69. The van der Waals surface area contributed by atoms with Gasteiger partial charge in [-0.25, -0.2) is 4.79 Å². The van der Waals surface area contributed by atoms with Crippen LogP contribution in [0.5, 0.6) is 0 Å². The smallest absolute Gasteiger partial charge is 0.319 e. The van der Waals surface area contributed by atoms with E-state index in [9.17, 15) is 9.59 Å². The molecule has 23 heavy (non-hydrogen) atoms. The summed E-state index contributed by atoms with van der Waals surface area (Å²) in [6.07, 6.45) is 6.74. The van der Waals surface area contributed by atoms with Gasteiger partial charge in [-0.1, -0.05) is 6.07 Å². The quantitative estimate of drug-likeness (QED) is 0.913. The van der Waals surface area contributed by atoms with E-state index in [1.165, 1.54) is 6.42 Å². The zero-order valence-corrected chi connectivity index (χ0v) is 12.9. The van der Waals surface area contributed by atoms with Gasteiger partial charge in [0.05, 0.1) is 6.54 Å². The van der Waals surface area contributed by atoms with E-state index in [-0.39, 0.29) is 18.5 Å². The number of rotatable bonds is 3. The first-order valence-electron chi connectivity index (χ1n) is 7.89. The Morgan fingerprint density at radius 3 is 2.74 bits per heavy atom. The molecule has 0 radical (unpaired) electrons. The number of fused-ring (bicyclic) bond motifs is 1. The van der Waals surface area contributed by atoms with Gasteiger partial charge < -0.3 is 15.5 Å². The second-order valence-electron chi connectivity index (χ2n) is 5.69. The van der Waals surface area contributed by atoms with Crippen molar-refractivity contribution in [1.82, 2.24) is 15.2 Å². The lowest BCUT2D eigenvalue weighted by Gasteiger charge is -2.26. The zero-order chi connectivity index (χ0) is 16.1. The molecule has 6 heteroatoms. The number of urea groups is 1. The minimum atomic E-state index is -0.376. The summed E-state index contributed by atoms with van der Waals surface area (Å²) < 4.78 is 0. The van der Waals surface area contributed by atoms with E-state index in [2.05, 4.69) is 15.6 Å². The average molecular weight is 312 g/mol. The van der Waals surface area contributed by atoms with E-state index in [0.29, 0.717) is 5.69 Å². The molecule has 1 aliphatic rings. The number of nitrogens with zero attached hydrogens (tertiary/aromatic N) is 2. The fourth-order valence-electron chi connectivity index (χ4n) is 2.75. The monoisotopic (exact) mass is 312 g/mol. The zero-order valence-electron chi connectivity index (χ0n) is 12.9. The number of anilines is 1. The average Bonchev–Trinajstić information content (AvgIpc) is 2.60. The fourth-order valence-corrected chi connectivity index (χ4v) is 2.75. The van der Waals surface area contributed by atoms with Crippen molar-refractivity contribution in [3.05, 3.63) is 36.7 Å². The Bertz CT molecular complexity index is 711. The topological polar surface area (TPSA) is 74.3 Å². The Kier molecular flexibility index (Phi) is 4.71. The second kappa shape index (κ2) is 7.09. The van der Waals surface area contributed by atoms with Gasteiger partial charge in [0.25, 0.3) is 0 Å². The van der Waals surface area contributed by atoms with Gasteiger partial charge in [-0.2, -0.15) is 0 Å². The minimum Gasteiger partial charge on any atom is -0.341 e. The van der Waals surface area contributed by atoms with Crippen LogP contribution in [-0.2, 0) is 4.79 Å². The van der Waals surface area contributed by atoms with Crippen molar-refractivity contribution >= 4 is 28.4 Å². The number of pyridine rings is 1. The number of nitrogens with one attached hydrogen (secondary N) is 2. The Balaban J connectivity index is 1.52. The Morgan fingerprint density at radius 1 is 1.09 bits per heavy atom. The summed E-state index contributed by atoms with van der Waals surface area (Å²) in [5, 5.41) is 7.38. The molecule has 0 atom stereocenters. The van der Waals surface area contributed by atoms with Gasteiger partial charge in [-0.15, -0.1) is 0 Å². The van der Waals surface area contributed by atoms with Crippen molar-refractivity contribution < 1.29 is 9.59 Å². The number of piperidine rings is 1. The first-order chi connectivity index (χ1) is 11.2. The van der Waals surface area contributed by atoms with Crippen LogP contribution in [0, 0.1) is 0 Å². The number of aromatic nitrogens is 1. The molecule has 1 aromatic heterocycles. The highest BCUT2D eigenvalue weighted by Crippen LogP contribution is 2.17. The number of amides is 3. The largest absolute Gasteiger partial charge is 0.341 e. The third kappa shape index (κ3) is 3.97. The summed E-state index contributed by atoms with van der Waals surface area (Å²) in [4.78, 5) is 29.8. The molecule has 2 N–H and O–H groups in total.